The number of rotatable bonds is 4. The molecule has 1 aliphatic heterocycles. The molecule has 2 fully saturated rings. The lowest BCUT2D eigenvalue weighted by Crippen LogP contribution is -2.46. The molecule has 0 atom stereocenters. The molecule has 3 aromatic rings. The van der Waals surface area contributed by atoms with Crippen molar-refractivity contribution in [2.75, 3.05) is 31.6 Å². The number of H-pyrrole nitrogens is 1. The highest BCUT2D eigenvalue weighted by Gasteiger charge is 2.27. The molecule has 0 radical (unpaired) electrons. The molecule has 0 unspecified atom stereocenters. The standard InChI is InChI=1S/C21H26N6O/c1-6-20-19(11-15(1)16-12-24-25-13-16)21(23-14-22-20)26-17-2-4-18(5-3-17)27-7-9-28-10-8-27/h1,6,11-14,17-18H,2-5,7-10H2,(H,24,25)(H,22,23,26). The van der Waals surface area contributed by atoms with Gasteiger partial charge in [0.05, 0.1) is 24.9 Å². The fourth-order valence-electron chi connectivity index (χ4n) is 4.48. The molecule has 146 valence electrons. The number of fused-ring (bicyclic) bond motifs is 1. The number of ether oxygens (including phenoxy) is 1. The van der Waals surface area contributed by atoms with Crippen molar-refractivity contribution in [1.29, 1.82) is 0 Å². The van der Waals surface area contributed by atoms with Crippen LogP contribution >= 0.6 is 0 Å². The lowest BCUT2D eigenvalue weighted by molar-refractivity contribution is 0.00791. The maximum absolute atomic E-state index is 5.49. The van der Waals surface area contributed by atoms with Crippen LogP contribution in [0.2, 0.25) is 0 Å². The van der Waals surface area contributed by atoms with Crippen LogP contribution in [-0.2, 0) is 4.74 Å². The SMILES string of the molecule is c1nc(NC2CCC(N3CCOCC3)CC2)c2cc(-c3cn[nH]c3)ccc2n1. The molecule has 2 N–H and O–H groups in total. The van der Waals surface area contributed by atoms with Crippen molar-refractivity contribution in [1.82, 2.24) is 25.1 Å². The van der Waals surface area contributed by atoms with Crippen LogP contribution in [0.4, 0.5) is 5.82 Å². The van der Waals surface area contributed by atoms with E-state index >= 15 is 0 Å². The largest absolute Gasteiger partial charge is 0.379 e. The number of benzene rings is 1. The summed E-state index contributed by atoms with van der Waals surface area (Å²) in [7, 11) is 0. The zero-order valence-corrected chi connectivity index (χ0v) is 16.0. The molecule has 1 saturated carbocycles. The molecule has 1 aliphatic carbocycles. The Balaban J connectivity index is 1.30. The molecule has 0 spiro atoms. The third-order valence-corrected chi connectivity index (χ3v) is 6.07. The van der Waals surface area contributed by atoms with Gasteiger partial charge in [0.25, 0.3) is 0 Å². The minimum atomic E-state index is 0.466. The number of anilines is 1. The summed E-state index contributed by atoms with van der Waals surface area (Å²) >= 11 is 0. The van der Waals surface area contributed by atoms with Crippen LogP contribution in [-0.4, -0.2) is 63.5 Å². The van der Waals surface area contributed by atoms with E-state index in [0.717, 1.165) is 54.2 Å². The summed E-state index contributed by atoms with van der Waals surface area (Å²) < 4.78 is 5.49. The zero-order valence-electron chi connectivity index (χ0n) is 16.0. The molecular formula is C21H26N6O. The number of hydrogen-bond acceptors (Lipinski definition) is 6. The molecule has 1 aromatic carbocycles. The molecule has 3 heterocycles. The minimum absolute atomic E-state index is 0.466. The van der Waals surface area contributed by atoms with Gasteiger partial charge in [0.1, 0.15) is 12.1 Å². The maximum Gasteiger partial charge on any atom is 0.137 e. The van der Waals surface area contributed by atoms with Crippen LogP contribution in [0.25, 0.3) is 22.0 Å². The molecule has 7 heteroatoms. The second-order valence-electron chi connectivity index (χ2n) is 7.74. The van der Waals surface area contributed by atoms with Crippen LogP contribution in [0.15, 0.2) is 36.9 Å². The van der Waals surface area contributed by atoms with E-state index in [-0.39, 0.29) is 0 Å². The van der Waals surface area contributed by atoms with E-state index in [1.807, 2.05) is 12.4 Å². The Morgan fingerprint density at radius 3 is 2.68 bits per heavy atom. The van der Waals surface area contributed by atoms with Gasteiger partial charge in [-0.2, -0.15) is 5.10 Å². The van der Waals surface area contributed by atoms with Gasteiger partial charge in [0.2, 0.25) is 0 Å². The number of hydrogen-bond donors (Lipinski definition) is 2. The average Bonchev–Trinajstić information content (AvgIpc) is 3.30. The van der Waals surface area contributed by atoms with E-state index in [1.165, 1.54) is 25.7 Å². The third kappa shape index (κ3) is 3.59. The molecule has 0 amide bonds. The maximum atomic E-state index is 5.49. The van der Waals surface area contributed by atoms with Crippen molar-refractivity contribution in [3.05, 3.63) is 36.9 Å². The Morgan fingerprint density at radius 2 is 1.89 bits per heavy atom. The number of aromatic nitrogens is 4. The number of aromatic amines is 1. The first-order chi connectivity index (χ1) is 13.9. The van der Waals surface area contributed by atoms with Crippen LogP contribution in [0.1, 0.15) is 25.7 Å². The lowest BCUT2D eigenvalue weighted by Gasteiger charge is -2.39. The highest BCUT2D eigenvalue weighted by atomic mass is 16.5. The molecule has 1 saturated heterocycles. The van der Waals surface area contributed by atoms with Gasteiger partial charge in [0, 0.05) is 42.3 Å². The smallest absolute Gasteiger partial charge is 0.137 e. The zero-order chi connectivity index (χ0) is 18.8. The van der Waals surface area contributed by atoms with Gasteiger partial charge in [-0.1, -0.05) is 6.07 Å². The summed E-state index contributed by atoms with van der Waals surface area (Å²) in [5.74, 6) is 0.935. The number of nitrogens with zero attached hydrogens (tertiary/aromatic N) is 4. The fraction of sp³-hybridized carbons (Fsp3) is 0.476. The van der Waals surface area contributed by atoms with Gasteiger partial charge in [-0.05, 0) is 43.4 Å². The van der Waals surface area contributed by atoms with Gasteiger partial charge >= 0.3 is 0 Å². The predicted octanol–water partition coefficient (Wildman–Crippen LogP) is 3.08. The van der Waals surface area contributed by atoms with Crippen molar-refractivity contribution in [3.63, 3.8) is 0 Å². The van der Waals surface area contributed by atoms with Gasteiger partial charge in [-0.15, -0.1) is 0 Å². The topological polar surface area (TPSA) is 79.0 Å². The second-order valence-corrected chi connectivity index (χ2v) is 7.74. The van der Waals surface area contributed by atoms with E-state index in [4.69, 9.17) is 4.74 Å². The first kappa shape index (κ1) is 17.6. The monoisotopic (exact) mass is 378 g/mol. The van der Waals surface area contributed by atoms with Gasteiger partial charge < -0.3 is 10.1 Å². The van der Waals surface area contributed by atoms with Crippen LogP contribution in [0.5, 0.6) is 0 Å². The second kappa shape index (κ2) is 7.85. The third-order valence-electron chi connectivity index (χ3n) is 6.07. The first-order valence-electron chi connectivity index (χ1n) is 10.2. The highest BCUT2D eigenvalue weighted by Crippen LogP contribution is 2.30. The first-order valence-corrected chi connectivity index (χ1v) is 10.2. The normalized spacial score (nSPS) is 23.7. The van der Waals surface area contributed by atoms with Crippen molar-refractivity contribution in [2.24, 2.45) is 0 Å². The van der Waals surface area contributed by atoms with Crippen molar-refractivity contribution in [2.45, 2.75) is 37.8 Å². The van der Waals surface area contributed by atoms with Gasteiger partial charge in [-0.3, -0.25) is 10.00 Å². The Hall–Kier alpha value is -2.51. The molecule has 5 rings (SSSR count). The predicted molar refractivity (Wildman–Crippen MR) is 109 cm³/mol. The minimum Gasteiger partial charge on any atom is -0.379 e. The number of morpholine rings is 1. The molecule has 2 aliphatic rings. The Labute approximate surface area is 164 Å². The number of nitrogens with one attached hydrogen (secondary N) is 2. The summed E-state index contributed by atoms with van der Waals surface area (Å²) in [6.07, 6.45) is 10.2. The van der Waals surface area contributed by atoms with Crippen LogP contribution in [0.3, 0.4) is 0 Å². The average molecular weight is 378 g/mol. The lowest BCUT2D eigenvalue weighted by atomic mass is 9.90. The highest BCUT2D eigenvalue weighted by molar-refractivity contribution is 5.92. The quantitative estimate of drug-likeness (QED) is 0.726. The van der Waals surface area contributed by atoms with Crippen molar-refractivity contribution in [3.8, 4) is 11.1 Å². The summed E-state index contributed by atoms with van der Waals surface area (Å²) in [6, 6.07) is 7.46. The molecule has 2 aromatic heterocycles. The van der Waals surface area contributed by atoms with Gasteiger partial charge in [0.15, 0.2) is 0 Å². The summed E-state index contributed by atoms with van der Waals surface area (Å²) in [5, 5.41) is 11.7. The molecule has 28 heavy (non-hydrogen) atoms. The van der Waals surface area contributed by atoms with Crippen LogP contribution in [0, 0.1) is 0 Å². The summed E-state index contributed by atoms with van der Waals surface area (Å²) in [4.78, 5) is 11.6. The summed E-state index contributed by atoms with van der Waals surface area (Å²) in [6.45, 7) is 3.92. The van der Waals surface area contributed by atoms with Crippen LogP contribution < -0.4 is 5.32 Å². The Kier molecular flexibility index (Phi) is 4.93. The van der Waals surface area contributed by atoms with Crippen molar-refractivity contribution < 1.29 is 4.74 Å². The van der Waals surface area contributed by atoms with E-state index in [1.54, 1.807) is 6.33 Å². The summed E-state index contributed by atoms with van der Waals surface area (Å²) in [5.41, 5.74) is 3.16. The van der Waals surface area contributed by atoms with E-state index in [9.17, 15) is 0 Å². The fourth-order valence-corrected chi connectivity index (χ4v) is 4.48. The van der Waals surface area contributed by atoms with Crippen molar-refractivity contribution >= 4 is 16.7 Å². The molecular weight excluding hydrogens is 352 g/mol. The van der Waals surface area contributed by atoms with E-state index < -0.39 is 0 Å². The Morgan fingerprint density at radius 1 is 1.04 bits per heavy atom. The van der Waals surface area contributed by atoms with Gasteiger partial charge in [-0.25, -0.2) is 9.97 Å². The van der Waals surface area contributed by atoms with E-state index in [0.29, 0.717) is 12.1 Å². The Bertz CT molecular complexity index is 914. The van der Waals surface area contributed by atoms with E-state index in [2.05, 4.69) is 48.6 Å². The molecule has 7 nitrogen and oxygen atoms in total. The molecule has 0 bridgehead atoms.